The number of benzene rings is 1. The standard InChI is InChI=1S/C19H26ClN5O/c1-13-9-14(2)12-25(11-13)19(21-3)22-8-7-17-23-18(24-26-17)15-5-4-6-16(20)10-15/h4-6,10,13-14H,7-9,11-12H2,1-3H3,(H,21,22). The molecule has 2 atom stereocenters. The topological polar surface area (TPSA) is 66.5 Å². The van der Waals surface area contributed by atoms with Crippen LogP contribution in [-0.4, -0.2) is 47.7 Å². The van der Waals surface area contributed by atoms with Gasteiger partial charge in [0.25, 0.3) is 0 Å². The Kier molecular flexibility index (Phi) is 6.14. The summed E-state index contributed by atoms with van der Waals surface area (Å²) in [6.07, 6.45) is 1.92. The lowest BCUT2D eigenvalue weighted by Crippen LogP contribution is -2.48. The van der Waals surface area contributed by atoms with E-state index in [-0.39, 0.29) is 0 Å². The molecule has 3 rings (SSSR count). The molecule has 0 aliphatic carbocycles. The minimum atomic E-state index is 0.561. The van der Waals surface area contributed by atoms with Gasteiger partial charge in [-0.05, 0) is 30.4 Å². The van der Waals surface area contributed by atoms with Crippen molar-refractivity contribution in [3.8, 4) is 11.4 Å². The van der Waals surface area contributed by atoms with Gasteiger partial charge >= 0.3 is 0 Å². The Balaban J connectivity index is 1.54. The number of rotatable bonds is 4. The van der Waals surface area contributed by atoms with Crippen molar-refractivity contribution in [2.45, 2.75) is 26.7 Å². The molecule has 2 unspecified atom stereocenters. The molecule has 1 aromatic heterocycles. The van der Waals surface area contributed by atoms with Crippen LogP contribution in [0, 0.1) is 11.8 Å². The van der Waals surface area contributed by atoms with Crippen molar-refractivity contribution >= 4 is 17.6 Å². The van der Waals surface area contributed by atoms with Gasteiger partial charge in [0.2, 0.25) is 11.7 Å². The Bertz CT molecular complexity index is 750. The van der Waals surface area contributed by atoms with Crippen LogP contribution in [0.3, 0.4) is 0 Å². The fraction of sp³-hybridized carbons (Fsp3) is 0.526. The van der Waals surface area contributed by atoms with Crippen molar-refractivity contribution in [1.82, 2.24) is 20.4 Å². The van der Waals surface area contributed by atoms with Gasteiger partial charge in [-0.25, -0.2) is 0 Å². The molecule has 6 nitrogen and oxygen atoms in total. The second kappa shape index (κ2) is 8.54. The van der Waals surface area contributed by atoms with Gasteiger partial charge in [0.15, 0.2) is 5.96 Å². The van der Waals surface area contributed by atoms with Gasteiger partial charge in [-0.2, -0.15) is 4.98 Å². The predicted octanol–water partition coefficient (Wildman–Crippen LogP) is 3.49. The Morgan fingerprint density at radius 2 is 2.12 bits per heavy atom. The zero-order valence-electron chi connectivity index (χ0n) is 15.6. The van der Waals surface area contributed by atoms with Gasteiger partial charge in [0.05, 0.1) is 0 Å². The molecule has 7 heteroatoms. The van der Waals surface area contributed by atoms with Gasteiger partial charge in [0, 0.05) is 43.7 Å². The largest absolute Gasteiger partial charge is 0.356 e. The highest BCUT2D eigenvalue weighted by atomic mass is 35.5. The Hall–Kier alpha value is -2.08. The summed E-state index contributed by atoms with van der Waals surface area (Å²) in [5.41, 5.74) is 0.854. The first-order chi connectivity index (χ1) is 12.5. The number of aromatic nitrogens is 2. The number of hydrogen-bond donors (Lipinski definition) is 1. The van der Waals surface area contributed by atoms with Crippen LogP contribution in [-0.2, 0) is 6.42 Å². The summed E-state index contributed by atoms with van der Waals surface area (Å²) in [5.74, 6) is 3.48. The van der Waals surface area contributed by atoms with Crippen molar-refractivity contribution < 1.29 is 4.52 Å². The van der Waals surface area contributed by atoms with E-state index in [9.17, 15) is 0 Å². The molecular formula is C19H26ClN5O. The number of likely N-dealkylation sites (tertiary alicyclic amines) is 1. The lowest BCUT2D eigenvalue weighted by atomic mass is 9.92. The summed E-state index contributed by atoms with van der Waals surface area (Å²) in [6, 6.07) is 7.44. The molecule has 0 amide bonds. The average Bonchev–Trinajstić information content (AvgIpc) is 3.07. The summed E-state index contributed by atoms with van der Waals surface area (Å²) in [6.45, 7) is 7.38. The minimum Gasteiger partial charge on any atom is -0.356 e. The van der Waals surface area contributed by atoms with Crippen LogP contribution >= 0.6 is 11.6 Å². The molecule has 1 aliphatic heterocycles. The number of halogens is 1. The third-order valence-corrected chi connectivity index (χ3v) is 4.79. The zero-order valence-corrected chi connectivity index (χ0v) is 16.3. The second-order valence-corrected chi connectivity index (χ2v) is 7.53. The minimum absolute atomic E-state index is 0.561. The van der Waals surface area contributed by atoms with Crippen LogP contribution in [0.4, 0.5) is 0 Å². The number of piperidine rings is 1. The first-order valence-corrected chi connectivity index (χ1v) is 9.47. The average molecular weight is 376 g/mol. The van der Waals surface area contributed by atoms with E-state index in [4.69, 9.17) is 16.1 Å². The quantitative estimate of drug-likeness (QED) is 0.654. The molecule has 26 heavy (non-hydrogen) atoms. The Labute approximate surface area is 159 Å². The molecule has 1 saturated heterocycles. The molecule has 0 bridgehead atoms. The van der Waals surface area contributed by atoms with Crippen molar-refractivity contribution in [2.24, 2.45) is 16.8 Å². The molecule has 1 fully saturated rings. The van der Waals surface area contributed by atoms with E-state index in [1.54, 1.807) is 0 Å². The SMILES string of the molecule is CN=C(NCCc1nc(-c2cccc(Cl)c2)no1)N1CC(C)CC(C)C1. The van der Waals surface area contributed by atoms with Crippen molar-refractivity contribution in [3.63, 3.8) is 0 Å². The molecule has 0 radical (unpaired) electrons. The monoisotopic (exact) mass is 375 g/mol. The highest BCUT2D eigenvalue weighted by Crippen LogP contribution is 2.21. The number of nitrogens with zero attached hydrogens (tertiary/aromatic N) is 4. The highest BCUT2D eigenvalue weighted by molar-refractivity contribution is 6.30. The number of guanidine groups is 1. The molecule has 0 spiro atoms. The lowest BCUT2D eigenvalue weighted by Gasteiger charge is -2.37. The maximum absolute atomic E-state index is 6.02. The Morgan fingerprint density at radius 1 is 1.35 bits per heavy atom. The number of aliphatic imine (C=N–C) groups is 1. The number of hydrogen-bond acceptors (Lipinski definition) is 4. The van der Waals surface area contributed by atoms with Gasteiger partial charge in [-0.15, -0.1) is 0 Å². The molecular weight excluding hydrogens is 350 g/mol. The summed E-state index contributed by atoms with van der Waals surface area (Å²) in [5, 5.41) is 8.11. The van der Waals surface area contributed by atoms with Crippen LogP contribution in [0.15, 0.2) is 33.8 Å². The zero-order chi connectivity index (χ0) is 18.5. The van der Waals surface area contributed by atoms with Crippen LogP contribution in [0.1, 0.15) is 26.2 Å². The third-order valence-electron chi connectivity index (χ3n) is 4.55. The van der Waals surface area contributed by atoms with E-state index in [1.165, 1.54) is 6.42 Å². The molecule has 2 aromatic rings. The smallest absolute Gasteiger partial charge is 0.228 e. The predicted molar refractivity (Wildman–Crippen MR) is 104 cm³/mol. The second-order valence-electron chi connectivity index (χ2n) is 7.10. The summed E-state index contributed by atoms with van der Waals surface area (Å²) < 4.78 is 5.36. The molecule has 1 aliphatic rings. The fourth-order valence-electron chi connectivity index (χ4n) is 3.55. The van der Waals surface area contributed by atoms with E-state index >= 15 is 0 Å². The van der Waals surface area contributed by atoms with E-state index in [0.29, 0.717) is 41.5 Å². The summed E-state index contributed by atoms with van der Waals surface area (Å²) in [7, 11) is 1.83. The molecule has 0 saturated carbocycles. The van der Waals surface area contributed by atoms with E-state index < -0.39 is 0 Å². The van der Waals surface area contributed by atoms with Crippen LogP contribution in [0.25, 0.3) is 11.4 Å². The maximum atomic E-state index is 6.02. The summed E-state index contributed by atoms with van der Waals surface area (Å²) in [4.78, 5) is 11.2. The molecule has 140 valence electrons. The fourth-order valence-corrected chi connectivity index (χ4v) is 3.74. The van der Waals surface area contributed by atoms with Crippen LogP contribution in [0.2, 0.25) is 5.02 Å². The van der Waals surface area contributed by atoms with E-state index in [0.717, 1.165) is 24.6 Å². The maximum Gasteiger partial charge on any atom is 0.228 e. The first-order valence-electron chi connectivity index (χ1n) is 9.09. The van der Waals surface area contributed by atoms with Crippen LogP contribution < -0.4 is 5.32 Å². The molecule has 2 heterocycles. The van der Waals surface area contributed by atoms with Gasteiger partial charge in [-0.1, -0.05) is 42.7 Å². The molecule has 1 aromatic carbocycles. The number of nitrogens with one attached hydrogen (secondary N) is 1. The van der Waals surface area contributed by atoms with E-state index in [1.807, 2.05) is 31.3 Å². The normalized spacial score (nSPS) is 21.1. The van der Waals surface area contributed by atoms with Gasteiger partial charge in [-0.3, -0.25) is 4.99 Å². The Morgan fingerprint density at radius 3 is 2.81 bits per heavy atom. The highest BCUT2D eigenvalue weighted by Gasteiger charge is 2.23. The lowest BCUT2D eigenvalue weighted by molar-refractivity contribution is 0.208. The van der Waals surface area contributed by atoms with Crippen molar-refractivity contribution in [3.05, 3.63) is 35.2 Å². The molecule has 1 N–H and O–H groups in total. The van der Waals surface area contributed by atoms with Crippen molar-refractivity contribution in [1.29, 1.82) is 0 Å². The van der Waals surface area contributed by atoms with E-state index in [2.05, 4.69) is 39.2 Å². The van der Waals surface area contributed by atoms with Gasteiger partial charge < -0.3 is 14.7 Å². The van der Waals surface area contributed by atoms with Crippen molar-refractivity contribution in [2.75, 3.05) is 26.7 Å². The summed E-state index contributed by atoms with van der Waals surface area (Å²) >= 11 is 6.02. The third kappa shape index (κ3) is 4.75. The van der Waals surface area contributed by atoms with Gasteiger partial charge in [0.1, 0.15) is 0 Å². The first kappa shape index (κ1) is 18.7. The van der Waals surface area contributed by atoms with Crippen LogP contribution in [0.5, 0.6) is 0 Å².